The van der Waals surface area contributed by atoms with Crippen molar-refractivity contribution in [2.45, 2.75) is 44.9 Å². The molecule has 6 N–H and O–H groups in total. The van der Waals surface area contributed by atoms with E-state index in [2.05, 4.69) is 15.6 Å². The van der Waals surface area contributed by atoms with Crippen LogP contribution in [0.4, 0.5) is 20.4 Å². The highest BCUT2D eigenvalue weighted by Gasteiger charge is 2.37. The van der Waals surface area contributed by atoms with E-state index >= 15 is 0 Å². The number of nitrogens with zero attached hydrogens (tertiary/aromatic N) is 3. The summed E-state index contributed by atoms with van der Waals surface area (Å²) in [5, 5.41) is 27.5. The van der Waals surface area contributed by atoms with E-state index in [0.717, 1.165) is 16.9 Å². The minimum Gasteiger partial charge on any atom is -0.465 e. The molecule has 1 aliphatic heterocycles. The number of aromatic nitrogens is 1. The number of carbonyl (C=O) groups is 5. The van der Waals surface area contributed by atoms with Crippen molar-refractivity contribution in [3.8, 4) is 0 Å². The molecule has 5 amide bonds. The number of carbonyl (C=O) groups excluding carboxylic acids is 3. The Morgan fingerprint density at radius 1 is 1.08 bits per heavy atom. The first-order valence-electron chi connectivity index (χ1n) is 12.1. The van der Waals surface area contributed by atoms with Gasteiger partial charge in [-0.25, -0.2) is 14.6 Å². The summed E-state index contributed by atoms with van der Waals surface area (Å²) in [6, 6.07) is 6.33. The summed E-state index contributed by atoms with van der Waals surface area (Å²) >= 11 is 1.08. The second kappa shape index (κ2) is 12.9. The maximum Gasteiger partial charge on any atom is 0.407 e. The van der Waals surface area contributed by atoms with Gasteiger partial charge >= 0.3 is 12.2 Å². The van der Waals surface area contributed by atoms with Crippen LogP contribution in [-0.2, 0) is 22.4 Å². The summed E-state index contributed by atoms with van der Waals surface area (Å²) in [4.78, 5) is 67.5. The van der Waals surface area contributed by atoms with Crippen LogP contribution in [0.15, 0.2) is 24.3 Å². The van der Waals surface area contributed by atoms with E-state index in [1.165, 1.54) is 11.8 Å². The number of nitrogens with one attached hydrogen (secondary N) is 4. The number of benzene rings is 1. The van der Waals surface area contributed by atoms with Gasteiger partial charge in [0, 0.05) is 33.3 Å². The molecule has 0 bridgehead atoms. The predicted octanol–water partition coefficient (Wildman–Crippen LogP) is 1.81. The Morgan fingerprint density at radius 3 is 2.28 bits per heavy atom. The molecule has 1 atom stereocenters. The highest BCUT2D eigenvalue weighted by molar-refractivity contribution is 7.17. The number of hydrogen-bond donors (Lipinski definition) is 6. The number of likely N-dealkylation sites (tertiary alicyclic amines) is 1. The van der Waals surface area contributed by atoms with Crippen LogP contribution in [-0.4, -0.2) is 87.9 Å². The molecule has 3 rings (SSSR count). The van der Waals surface area contributed by atoms with E-state index in [-0.39, 0.29) is 17.7 Å². The molecule has 1 aliphatic rings. The third-order valence-electron chi connectivity index (χ3n) is 5.87. The van der Waals surface area contributed by atoms with Gasteiger partial charge < -0.3 is 30.6 Å². The van der Waals surface area contributed by atoms with Crippen LogP contribution >= 0.6 is 11.3 Å². The van der Waals surface area contributed by atoms with Crippen molar-refractivity contribution in [3.05, 3.63) is 40.4 Å². The molecule has 0 spiro atoms. The first kappa shape index (κ1) is 29.2. The first-order valence-corrected chi connectivity index (χ1v) is 12.9. The SMILES string of the molecule is CC(=O)Nc1nc(CCc2ccc(NC(NC(=O)O)NC(=O)O)cc2)c(C(=O)N2CCC[C@H]2C(=O)N(C)C)s1. The van der Waals surface area contributed by atoms with Gasteiger partial charge in [0.2, 0.25) is 11.8 Å². The van der Waals surface area contributed by atoms with Gasteiger partial charge in [-0.3, -0.25) is 25.0 Å². The third-order valence-corrected chi connectivity index (χ3v) is 6.87. The molecule has 0 radical (unpaired) electrons. The van der Waals surface area contributed by atoms with Crippen molar-refractivity contribution < 1.29 is 34.2 Å². The third kappa shape index (κ3) is 8.04. The molecule has 2 heterocycles. The van der Waals surface area contributed by atoms with E-state index < -0.39 is 24.5 Å². The molecule has 15 heteroatoms. The molecule has 1 fully saturated rings. The molecule has 210 valence electrons. The number of aryl methyl sites for hydroxylation is 2. The second-order valence-corrected chi connectivity index (χ2v) is 10.0. The lowest BCUT2D eigenvalue weighted by molar-refractivity contribution is -0.132. The van der Waals surface area contributed by atoms with Crippen molar-refractivity contribution in [3.63, 3.8) is 0 Å². The fourth-order valence-electron chi connectivity index (χ4n) is 4.14. The van der Waals surface area contributed by atoms with E-state index in [9.17, 15) is 24.0 Å². The van der Waals surface area contributed by atoms with Crippen molar-refractivity contribution >= 4 is 52.1 Å². The topological polar surface area (TPSA) is 193 Å². The van der Waals surface area contributed by atoms with Crippen LogP contribution in [0.1, 0.15) is 40.7 Å². The standard InChI is InChI=1S/C24H31N7O7S/c1-13(32)25-22-27-16(18(39-22)20(34)31-12-4-5-17(31)19(33)30(2)3)11-8-14-6-9-15(10-7-14)26-21(28-23(35)36)29-24(37)38/h6-7,9-10,17,21,26,28-29H,4-5,8,11-12H2,1-3H3,(H,35,36)(H,37,38)(H,25,27,32)/t17-/m0/s1. The molecule has 0 unspecified atom stereocenters. The van der Waals surface area contributed by atoms with Crippen molar-refractivity contribution in [2.75, 3.05) is 31.3 Å². The van der Waals surface area contributed by atoms with E-state index in [4.69, 9.17) is 10.2 Å². The molecule has 2 aromatic rings. The predicted molar refractivity (Wildman–Crippen MR) is 143 cm³/mol. The zero-order chi connectivity index (χ0) is 28.7. The summed E-state index contributed by atoms with van der Waals surface area (Å²) in [5.74, 6) is -0.742. The Kier molecular flexibility index (Phi) is 9.65. The quantitative estimate of drug-likeness (QED) is 0.235. The molecule has 1 saturated heterocycles. The molecular weight excluding hydrogens is 530 g/mol. The molecule has 0 saturated carbocycles. The summed E-state index contributed by atoms with van der Waals surface area (Å²) in [7, 11) is 3.31. The highest BCUT2D eigenvalue weighted by atomic mass is 32.1. The molecule has 1 aromatic heterocycles. The summed E-state index contributed by atoms with van der Waals surface area (Å²) in [6.07, 6.45) is -1.89. The van der Waals surface area contributed by atoms with Gasteiger partial charge in [-0.2, -0.15) is 0 Å². The van der Waals surface area contributed by atoms with E-state index in [1.807, 2.05) is 10.6 Å². The molecule has 39 heavy (non-hydrogen) atoms. The van der Waals surface area contributed by atoms with Crippen LogP contribution in [0, 0.1) is 0 Å². The monoisotopic (exact) mass is 561 g/mol. The Morgan fingerprint density at radius 2 is 1.72 bits per heavy atom. The fourth-order valence-corrected chi connectivity index (χ4v) is 5.15. The Bertz CT molecular complexity index is 1220. The van der Waals surface area contributed by atoms with Gasteiger partial charge in [0.15, 0.2) is 11.4 Å². The van der Waals surface area contributed by atoms with Gasteiger partial charge in [0.05, 0.1) is 5.69 Å². The van der Waals surface area contributed by atoms with Crippen LogP contribution in [0.5, 0.6) is 0 Å². The van der Waals surface area contributed by atoms with Gasteiger partial charge in [0.25, 0.3) is 5.91 Å². The van der Waals surface area contributed by atoms with Gasteiger partial charge in [-0.1, -0.05) is 23.5 Å². The average Bonchev–Trinajstić information content (AvgIpc) is 3.48. The molecule has 0 aliphatic carbocycles. The van der Waals surface area contributed by atoms with Crippen molar-refractivity contribution in [1.29, 1.82) is 0 Å². The number of likely N-dealkylation sites (N-methyl/N-ethyl adjacent to an activating group) is 1. The van der Waals surface area contributed by atoms with Crippen LogP contribution < -0.4 is 21.3 Å². The van der Waals surface area contributed by atoms with E-state index in [0.29, 0.717) is 53.6 Å². The number of thiazole rings is 1. The van der Waals surface area contributed by atoms with Gasteiger partial charge in [-0.05, 0) is 43.4 Å². The van der Waals surface area contributed by atoms with Crippen molar-refractivity contribution in [1.82, 2.24) is 25.4 Å². The smallest absolute Gasteiger partial charge is 0.407 e. The normalized spacial score (nSPS) is 14.6. The largest absolute Gasteiger partial charge is 0.465 e. The number of anilines is 2. The first-order chi connectivity index (χ1) is 18.4. The average molecular weight is 562 g/mol. The Hall–Kier alpha value is -4.40. The lowest BCUT2D eigenvalue weighted by atomic mass is 10.1. The van der Waals surface area contributed by atoms with Crippen molar-refractivity contribution in [2.24, 2.45) is 0 Å². The molecular formula is C24H31N7O7S. The van der Waals surface area contributed by atoms with Crippen LogP contribution in [0.3, 0.4) is 0 Å². The maximum absolute atomic E-state index is 13.5. The Labute approximate surface area is 228 Å². The minimum atomic E-state index is -1.41. The lowest BCUT2D eigenvalue weighted by Crippen LogP contribution is -2.52. The van der Waals surface area contributed by atoms with Crippen LogP contribution in [0.25, 0.3) is 0 Å². The lowest BCUT2D eigenvalue weighted by Gasteiger charge is -2.26. The van der Waals surface area contributed by atoms with Gasteiger partial charge in [0.1, 0.15) is 10.9 Å². The number of rotatable bonds is 10. The zero-order valence-electron chi connectivity index (χ0n) is 21.7. The summed E-state index contributed by atoms with van der Waals surface area (Å²) in [6.45, 7) is 1.81. The Balaban J connectivity index is 1.74. The number of hydrogen-bond acceptors (Lipinski definition) is 8. The zero-order valence-corrected chi connectivity index (χ0v) is 22.5. The molecule has 1 aromatic carbocycles. The number of carboxylic acid groups (broad SMARTS) is 2. The second-order valence-electron chi connectivity index (χ2n) is 9.04. The minimum absolute atomic E-state index is 0.137. The van der Waals surface area contributed by atoms with Crippen LogP contribution in [0.2, 0.25) is 0 Å². The van der Waals surface area contributed by atoms with E-state index in [1.54, 1.807) is 43.3 Å². The summed E-state index contributed by atoms with van der Waals surface area (Å²) < 4.78 is 0. The molecule has 14 nitrogen and oxygen atoms in total. The summed E-state index contributed by atoms with van der Waals surface area (Å²) in [5.41, 5.74) is 1.86. The maximum atomic E-state index is 13.5. The van der Waals surface area contributed by atoms with Gasteiger partial charge in [-0.15, -0.1) is 0 Å². The highest BCUT2D eigenvalue weighted by Crippen LogP contribution is 2.29. The fraction of sp³-hybridized carbons (Fsp3) is 0.417. The number of amides is 5.